The van der Waals surface area contributed by atoms with Gasteiger partial charge in [0.25, 0.3) is 5.91 Å². The summed E-state index contributed by atoms with van der Waals surface area (Å²) in [6, 6.07) is 3.04. The predicted octanol–water partition coefficient (Wildman–Crippen LogP) is 1.22. The fraction of sp³-hybridized carbons (Fsp3) is 0.375. The fourth-order valence-electron chi connectivity index (χ4n) is 3.49. The molecule has 0 N–H and O–H groups in total. The van der Waals surface area contributed by atoms with Gasteiger partial charge in [-0.05, 0) is 12.1 Å². The third kappa shape index (κ3) is 2.62. The summed E-state index contributed by atoms with van der Waals surface area (Å²) in [6.45, 7) is 3.06. The molecule has 2 aliphatic rings. The van der Waals surface area contributed by atoms with E-state index < -0.39 is 5.82 Å². The van der Waals surface area contributed by atoms with Crippen LogP contribution in [0.25, 0.3) is 0 Å². The highest BCUT2D eigenvalue weighted by Crippen LogP contribution is 2.33. The molecule has 2 unspecified atom stereocenters. The van der Waals surface area contributed by atoms with E-state index in [1.165, 1.54) is 12.3 Å². The number of hydrogen-bond donors (Lipinski definition) is 0. The van der Waals surface area contributed by atoms with Crippen LogP contribution in [0, 0.1) is 17.7 Å². The highest BCUT2D eigenvalue weighted by molar-refractivity contribution is 5.94. The Morgan fingerprint density at radius 1 is 1.09 bits per heavy atom. The van der Waals surface area contributed by atoms with Crippen LogP contribution in [0.2, 0.25) is 0 Å². The lowest BCUT2D eigenvalue weighted by Gasteiger charge is -2.21. The van der Waals surface area contributed by atoms with Crippen LogP contribution < -0.4 is 4.90 Å². The van der Waals surface area contributed by atoms with E-state index in [2.05, 4.69) is 19.9 Å². The molecule has 0 aliphatic carbocycles. The van der Waals surface area contributed by atoms with E-state index in [0.29, 0.717) is 30.5 Å². The SMILES string of the molecule is O=C(c1cncc(F)c1)N1CC2CN(c3ncccn3)CC2C1. The molecule has 118 valence electrons. The number of fused-ring (bicyclic) bond motifs is 1. The number of carbonyl (C=O) groups excluding carboxylic acids is 1. The Kier molecular flexibility index (Phi) is 3.40. The molecule has 2 atom stereocenters. The molecule has 2 aromatic heterocycles. The van der Waals surface area contributed by atoms with Crippen molar-refractivity contribution in [1.82, 2.24) is 19.9 Å². The van der Waals surface area contributed by atoms with Crippen molar-refractivity contribution in [1.29, 1.82) is 0 Å². The molecule has 4 heterocycles. The van der Waals surface area contributed by atoms with Crippen LogP contribution in [0.15, 0.2) is 36.9 Å². The Hall–Kier alpha value is -2.57. The number of carbonyl (C=O) groups is 1. The number of halogens is 1. The van der Waals surface area contributed by atoms with E-state index in [1.54, 1.807) is 23.4 Å². The summed E-state index contributed by atoms with van der Waals surface area (Å²) < 4.78 is 13.2. The number of anilines is 1. The zero-order valence-corrected chi connectivity index (χ0v) is 12.5. The molecule has 4 rings (SSSR count). The van der Waals surface area contributed by atoms with Crippen LogP contribution in [0.5, 0.6) is 0 Å². The monoisotopic (exact) mass is 313 g/mol. The number of pyridine rings is 1. The van der Waals surface area contributed by atoms with E-state index in [0.717, 1.165) is 25.2 Å². The van der Waals surface area contributed by atoms with Crippen LogP contribution in [0.1, 0.15) is 10.4 Å². The van der Waals surface area contributed by atoms with Gasteiger partial charge in [0, 0.05) is 56.6 Å². The van der Waals surface area contributed by atoms with Gasteiger partial charge in [-0.25, -0.2) is 14.4 Å². The van der Waals surface area contributed by atoms with Gasteiger partial charge in [0.05, 0.1) is 11.8 Å². The van der Waals surface area contributed by atoms with Gasteiger partial charge in [0.15, 0.2) is 0 Å². The fourth-order valence-corrected chi connectivity index (χ4v) is 3.49. The second-order valence-electron chi connectivity index (χ2n) is 6.08. The molecule has 0 saturated carbocycles. The molecule has 2 aliphatic heterocycles. The van der Waals surface area contributed by atoms with E-state index in [4.69, 9.17) is 0 Å². The van der Waals surface area contributed by atoms with E-state index in [-0.39, 0.29) is 5.91 Å². The minimum Gasteiger partial charge on any atom is -0.340 e. The summed E-state index contributed by atoms with van der Waals surface area (Å²) in [7, 11) is 0. The minimum atomic E-state index is -0.484. The van der Waals surface area contributed by atoms with Gasteiger partial charge in [0.1, 0.15) is 5.82 Å². The molecule has 2 fully saturated rings. The lowest BCUT2D eigenvalue weighted by Crippen LogP contribution is -2.33. The van der Waals surface area contributed by atoms with Crippen molar-refractivity contribution in [2.45, 2.75) is 0 Å². The number of likely N-dealkylation sites (tertiary alicyclic amines) is 1. The molecule has 0 bridgehead atoms. The first-order chi connectivity index (χ1) is 11.2. The first-order valence-electron chi connectivity index (χ1n) is 7.62. The average molecular weight is 313 g/mol. The Bertz CT molecular complexity index is 711. The van der Waals surface area contributed by atoms with Gasteiger partial charge in [-0.15, -0.1) is 0 Å². The predicted molar refractivity (Wildman–Crippen MR) is 81.3 cm³/mol. The minimum absolute atomic E-state index is 0.145. The highest BCUT2D eigenvalue weighted by Gasteiger charge is 2.42. The van der Waals surface area contributed by atoms with E-state index in [1.807, 2.05) is 0 Å². The van der Waals surface area contributed by atoms with Crippen molar-refractivity contribution in [3.05, 3.63) is 48.3 Å². The summed E-state index contributed by atoms with van der Waals surface area (Å²) >= 11 is 0. The van der Waals surface area contributed by atoms with Crippen LogP contribution >= 0.6 is 0 Å². The molecule has 2 aromatic rings. The first kappa shape index (κ1) is 14.0. The average Bonchev–Trinajstić information content (AvgIpc) is 3.14. The van der Waals surface area contributed by atoms with E-state index >= 15 is 0 Å². The molecular weight excluding hydrogens is 297 g/mol. The maximum Gasteiger partial charge on any atom is 0.255 e. The lowest BCUT2D eigenvalue weighted by atomic mass is 10.0. The second kappa shape index (κ2) is 5.57. The summed E-state index contributed by atoms with van der Waals surface area (Å²) in [4.78, 5) is 28.8. The Balaban J connectivity index is 1.43. The van der Waals surface area contributed by atoms with Crippen LogP contribution in [-0.2, 0) is 0 Å². The zero-order chi connectivity index (χ0) is 15.8. The van der Waals surface area contributed by atoms with Crippen molar-refractivity contribution in [2.24, 2.45) is 11.8 Å². The summed E-state index contributed by atoms with van der Waals surface area (Å²) in [5.74, 6) is 0.930. The maximum absolute atomic E-state index is 13.2. The number of rotatable bonds is 2. The molecular formula is C16H16FN5O. The Morgan fingerprint density at radius 3 is 2.43 bits per heavy atom. The zero-order valence-electron chi connectivity index (χ0n) is 12.5. The van der Waals surface area contributed by atoms with E-state index in [9.17, 15) is 9.18 Å². The van der Waals surface area contributed by atoms with Crippen molar-refractivity contribution >= 4 is 11.9 Å². The van der Waals surface area contributed by atoms with Gasteiger partial charge in [-0.2, -0.15) is 0 Å². The van der Waals surface area contributed by atoms with Crippen molar-refractivity contribution in [2.75, 3.05) is 31.1 Å². The first-order valence-corrected chi connectivity index (χ1v) is 7.62. The molecule has 23 heavy (non-hydrogen) atoms. The van der Waals surface area contributed by atoms with Crippen LogP contribution in [0.3, 0.4) is 0 Å². The Labute approximate surface area is 133 Å². The second-order valence-corrected chi connectivity index (χ2v) is 6.08. The Morgan fingerprint density at radius 2 is 1.78 bits per heavy atom. The molecule has 0 aromatic carbocycles. The van der Waals surface area contributed by atoms with Crippen LogP contribution in [-0.4, -0.2) is 51.9 Å². The summed E-state index contributed by atoms with van der Waals surface area (Å²) in [5, 5.41) is 0. The third-order valence-electron chi connectivity index (χ3n) is 4.56. The normalized spacial score (nSPS) is 23.2. The van der Waals surface area contributed by atoms with Gasteiger partial charge in [-0.1, -0.05) is 0 Å². The van der Waals surface area contributed by atoms with Gasteiger partial charge in [-0.3, -0.25) is 9.78 Å². The lowest BCUT2D eigenvalue weighted by molar-refractivity contribution is 0.0781. The molecule has 0 radical (unpaired) electrons. The van der Waals surface area contributed by atoms with Crippen molar-refractivity contribution in [3.8, 4) is 0 Å². The standard InChI is InChI=1S/C16H16FN5O/c17-14-4-11(5-18-6-14)15(23)21-7-12-9-22(10-13(12)8-21)16-19-2-1-3-20-16/h1-6,12-13H,7-10H2. The van der Waals surface area contributed by atoms with Gasteiger partial charge < -0.3 is 9.80 Å². The smallest absolute Gasteiger partial charge is 0.255 e. The molecule has 7 heteroatoms. The topological polar surface area (TPSA) is 62.2 Å². The quantitative estimate of drug-likeness (QED) is 0.834. The summed E-state index contributed by atoms with van der Waals surface area (Å²) in [5.41, 5.74) is 0.313. The maximum atomic E-state index is 13.2. The largest absolute Gasteiger partial charge is 0.340 e. The third-order valence-corrected chi connectivity index (χ3v) is 4.56. The number of nitrogens with zero attached hydrogens (tertiary/aromatic N) is 5. The summed E-state index contributed by atoms with van der Waals surface area (Å²) in [6.07, 6.45) is 6.00. The van der Waals surface area contributed by atoms with Crippen molar-refractivity contribution in [3.63, 3.8) is 0 Å². The number of hydrogen-bond acceptors (Lipinski definition) is 5. The van der Waals surface area contributed by atoms with Crippen molar-refractivity contribution < 1.29 is 9.18 Å². The molecule has 2 saturated heterocycles. The molecule has 1 amide bonds. The highest BCUT2D eigenvalue weighted by atomic mass is 19.1. The molecule has 6 nitrogen and oxygen atoms in total. The number of amides is 1. The van der Waals surface area contributed by atoms with Gasteiger partial charge in [0.2, 0.25) is 5.95 Å². The van der Waals surface area contributed by atoms with Crippen LogP contribution in [0.4, 0.5) is 10.3 Å². The molecule has 0 spiro atoms. The number of aromatic nitrogens is 3. The van der Waals surface area contributed by atoms with Gasteiger partial charge >= 0.3 is 0 Å².